The minimum atomic E-state index is -5.25. The van der Waals surface area contributed by atoms with Gasteiger partial charge in [-0.05, 0) is 18.2 Å². The number of hydrogen-bond acceptors (Lipinski definition) is 5. The van der Waals surface area contributed by atoms with Gasteiger partial charge in [-0.25, -0.2) is 21.6 Å². The highest BCUT2D eigenvalue weighted by atomic mass is 32.2. The lowest BCUT2D eigenvalue weighted by Crippen LogP contribution is -2.23. The first-order chi connectivity index (χ1) is 12.4. The lowest BCUT2D eigenvalue weighted by Gasteiger charge is -2.16. The zero-order valence-electron chi connectivity index (χ0n) is 13.3. The lowest BCUT2D eigenvalue weighted by atomic mass is 10.1. The van der Waals surface area contributed by atoms with Crippen molar-refractivity contribution >= 4 is 15.5 Å². The highest BCUT2D eigenvalue weighted by Crippen LogP contribution is 2.50. The van der Waals surface area contributed by atoms with E-state index >= 15 is 0 Å². The van der Waals surface area contributed by atoms with Crippen LogP contribution in [0.5, 0.6) is 11.5 Å². The summed E-state index contributed by atoms with van der Waals surface area (Å²) in [6.45, 7) is 0. The van der Waals surface area contributed by atoms with Crippen LogP contribution in [0.4, 0.5) is 27.6 Å². The Balaban J connectivity index is 2.17. The lowest BCUT2D eigenvalue weighted by molar-refractivity contribution is -0.0976. The van der Waals surface area contributed by atoms with E-state index in [1.54, 1.807) is 0 Å². The van der Waals surface area contributed by atoms with Crippen molar-refractivity contribution in [2.45, 2.75) is 29.1 Å². The van der Waals surface area contributed by atoms with Gasteiger partial charge in [0, 0.05) is 35.4 Å². The first kappa shape index (κ1) is 19.4. The Kier molecular flexibility index (Phi) is 4.55. The van der Waals surface area contributed by atoms with Crippen molar-refractivity contribution in [1.29, 1.82) is 0 Å². The smallest absolute Gasteiger partial charge is 0.341 e. The molecular formula is C16H12F5NO4S. The summed E-state index contributed by atoms with van der Waals surface area (Å²) in [5.41, 5.74) is 4.12. The molecule has 0 amide bonds. The van der Waals surface area contributed by atoms with Crippen molar-refractivity contribution in [1.82, 2.24) is 0 Å². The van der Waals surface area contributed by atoms with E-state index in [-0.39, 0.29) is 17.2 Å². The molecule has 2 aromatic rings. The number of ether oxygens (including phenoxy) is 1. The molecule has 0 fully saturated rings. The highest BCUT2D eigenvalue weighted by molar-refractivity contribution is 7.91. The second-order valence-electron chi connectivity index (χ2n) is 5.92. The summed E-state index contributed by atoms with van der Waals surface area (Å²) < 4.78 is 96.0. The Hall–Kier alpha value is -2.40. The molecule has 3 rings (SSSR count). The maximum Gasteiger partial charge on any atom is 0.341 e. The summed E-state index contributed by atoms with van der Waals surface area (Å²) in [4.78, 5) is -1.11. The maximum absolute atomic E-state index is 14.0. The minimum absolute atomic E-state index is 0.0242. The van der Waals surface area contributed by atoms with Crippen LogP contribution in [-0.2, 0) is 16.3 Å². The normalized spacial score (nSPS) is 18.6. The molecule has 0 radical (unpaired) electrons. The zero-order chi connectivity index (χ0) is 20.1. The highest BCUT2D eigenvalue weighted by Gasteiger charge is 2.51. The van der Waals surface area contributed by atoms with Gasteiger partial charge in [-0.1, -0.05) is 0 Å². The summed E-state index contributed by atoms with van der Waals surface area (Å²) in [5, 5.41) is 9.82. The van der Waals surface area contributed by atoms with Crippen LogP contribution in [-0.4, -0.2) is 25.2 Å². The molecule has 0 aromatic heterocycles. The van der Waals surface area contributed by atoms with Crippen LogP contribution in [0.1, 0.15) is 17.2 Å². The van der Waals surface area contributed by atoms with Crippen molar-refractivity contribution in [2.75, 3.05) is 5.73 Å². The minimum Gasteiger partial charge on any atom is -0.457 e. The quantitative estimate of drug-likeness (QED) is 0.597. The number of anilines is 1. The molecule has 5 nitrogen and oxygen atoms in total. The van der Waals surface area contributed by atoms with Crippen LogP contribution < -0.4 is 10.5 Å². The molecule has 0 saturated heterocycles. The molecule has 27 heavy (non-hydrogen) atoms. The predicted octanol–water partition coefficient (Wildman–Crippen LogP) is 3.42. The van der Waals surface area contributed by atoms with Gasteiger partial charge in [-0.2, -0.15) is 8.78 Å². The van der Waals surface area contributed by atoms with Crippen LogP contribution in [0.2, 0.25) is 0 Å². The van der Waals surface area contributed by atoms with E-state index in [2.05, 4.69) is 0 Å². The molecular weight excluding hydrogens is 397 g/mol. The molecule has 1 unspecified atom stereocenters. The van der Waals surface area contributed by atoms with Crippen molar-refractivity contribution in [3.63, 3.8) is 0 Å². The topological polar surface area (TPSA) is 89.6 Å². The third kappa shape index (κ3) is 3.32. The fourth-order valence-corrected chi connectivity index (χ4v) is 3.85. The SMILES string of the molecule is Nc1cc(F)cc(Oc2ccc(S(=O)(=O)C(F)F)c3c2CC(F)(F)C3O)c1. The number of fused-ring (bicyclic) bond motifs is 1. The van der Waals surface area contributed by atoms with Crippen LogP contribution in [0.25, 0.3) is 0 Å². The Morgan fingerprint density at radius 1 is 1.22 bits per heavy atom. The number of sulfone groups is 1. The number of halogens is 5. The van der Waals surface area contributed by atoms with Crippen LogP contribution in [0.15, 0.2) is 35.2 Å². The number of benzene rings is 2. The molecule has 1 aliphatic rings. The van der Waals surface area contributed by atoms with Gasteiger partial charge in [-0.3, -0.25) is 0 Å². The fraction of sp³-hybridized carbons (Fsp3) is 0.250. The van der Waals surface area contributed by atoms with Gasteiger partial charge in [0.2, 0.25) is 9.84 Å². The van der Waals surface area contributed by atoms with Crippen LogP contribution in [0.3, 0.4) is 0 Å². The van der Waals surface area contributed by atoms with Gasteiger partial charge in [0.15, 0.2) is 0 Å². The monoisotopic (exact) mass is 409 g/mol. The van der Waals surface area contributed by atoms with E-state index < -0.39 is 55.9 Å². The Morgan fingerprint density at radius 2 is 1.89 bits per heavy atom. The van der Waals surface area contributed by atoms with Gasteiger partial charge in [-0.15, -0.1) is 0 Å². The standard InChI is InChI=1S/C16H12F5NO4S/c17-7-3-8(22)5-9(4-7)26-11-1-2-12(27(24,25)15(18)19)13-10(11)6-16(20,21)14(13)23/h1-5,14-15,23H,6,22H2. The van der Waals surface area contributed by atoms with E-state index in [0.717, 1.165) is 18.2 Å². The molecule has 0 spiro atoms. The predicted molar refractivity (Wildman–Crippen MR) is 84.1 cm³/mol. The molecule has 0 saturated carbocycles. The number of aliphatic hydroxyl groups excluding tert-OH is 1. The van der Waals surface area contributed by atoms with Gasteiger partial charge >= 0.3 is 5.76 Å². The number of rotatable bonds is 4. The van der Waals surface area contributed by atoms with Gasteiger partial charge < -0.3 is 15.6 Å². The summed E-state index contributed by atoms with van der Waals surface area (Å²) in [6, 6.07) is 4.60. The van der Waals surface area contributed by atoms with Gasteiger partial charge in [0.25, 0.3) is 5.92 Å². The van der Waals surface area contributed by atoms with E-state index in [9.17, 15) is 35.5 Å². The number of nitrogen functional groups attached to an aromatic ring is 1. The van der Waals surface area contributed by atoms with Gasteiger partial charge in [0.1, 0.15) is 23.4 Å². The largest absolute Gasteiger partial charge is 0.457 e. The summed E-state index contributed by atoms with van der Waals surface area (Å²) >= 11 is 0. The molecule has 0 heterocycles. The zero-order valence-corrected chi connectivity index (χ0v) is 14.1. The third-order valence-corrected chi connectivity index (χ3v) is 5.46. The number of alkyl halides is 4. The second-order valence-corrected chi connectivity index (χ2v) is 7.81. The van der Waals surface area contributed by atoms with E-state index in [1.807, 2.05) is 0 Å². The molecule has 1 aliphatic carbocycles. The Bertz CT molecular complexity index is 990. The summed E-state index contributed by atoms with van der Waals surface area (Å²) in [5.74, 6) is -8.94. The van der Waals surface area contributed by atoms with Crippen LogP contribution in [0, 0.1) is 5.82 Å². The van der Waals surface area contributed by atoms with Crippen molar-refractivity contribution in [2.24, 2.45) is 0 Å². The average Bonchev–Trinajstić information content (AvgIpc) is 2.77. The fourth-order valence-electron chi connectivity index (χ4n) is 2.86. The van der Waals surface area contributed by atoms with Crippen LogP contribution >= 0.6 is 0 Å². The second kappa shape index (κ2) is 6.34. The molecule has 146 valence electrons. The van der Waals surface area contributed by atoms with E-state index in [1.165, 1.54) is 6.07 Å². The molecule has 0 bridgehead atoms. The van der Waals surface area contributed by atoms with Crippen molar-refractivity contribution in [3.05, 3.63) is 47.3 Å². The Morgan fingerprint density at radius 3 is 2.48 bits per heavy atom. The average molecular weight is 409 g/mol. The first-order valence-corrected chi connectivity index (χ1v) is 8.96. The van der Waals surface area contributed by atoms with Crippen molar-refractivity contribution < 1.29 is 40.2 Å². The molecule has 11 heteroatoms. The van der Waals surface area contributed by atoms with E-state index in [0.29, 0.717) is 6.07 Å². The number of nitrogens with two attached hydrogens (primary N) is 1. The Labute approximate surface area is 150 Å². The molecule has 0 aliphatic heterocycles. The van der Waals surface area contributed by atoms with E-state index in [4.69, 9.17) is 10.5 Å². The van der Waals surface area contributed by atoms with Gasteiger partial charge in [0.05, 0.1) is 4.90 Å². The molecule has 1 atom stereocenters. The number of hydrogen-bond donors (Lipinski definition) is 2. The third-order valence-electron chi connectivity index (χ3n) is 4.02. The summed E-state index contributed by atoms with van der Waals surface area (Å²) in [6.07, 6.45) is -3.76. The summed E-state index contributed by atoms with van der Waals surface area (Å²) in [7, 11) is -5.25. The first-order valence-electron chi connectivity index (χ1n) is 7.41. The molecule has 3 N–H and O–H groups in total. The van der Waals surface area contributed by atoms with Crippen molar-refractivity contribution in [3.8, 4) is 11.5 Å². The maximum atomic E-state index is 14.0. The molecule has 2 aromatic carbocycles. The number of aliphatic hydroxyl groups is 1.